The highest BCUT2D eigenvalue weighted by atomic mass is 32.2. The molecule has 2 N–H and O–H groups in total. The number of nitrogens with two attached hydrogens (primary N) is 1. The van der Waals surface area contributed by atoms with Crippen LogP contribution in [0.25, 0.3) is 5.69 Å². The van der Waals surface area contributed by atoms with Crippen LogP contribution in [0.3, 0.4) is 0 Å². The zero-order valence-corrected chi connectivity index (χ0v) is 12.7. The standard InChI is InChI=1S/C15H19N5S/c16-15(19-8-10-21-11-9-19)17-12-13-6-7-20(18-13)14-4-2-1-3-5-14/h1-7H,8-12H2,(H2,16,17). The lowest BCUT2D eigenvalue weighted by molar-refractivity contribution is 0.455. The second kappa shape index (κ2) is 6.67. The Kier molecular flexibility index (Phi) is 4.45. The summed E-state index contributed by atoms with van der Waals surface area (Å²) in [7, 11) is 0. The molecule has 5 nitrogen and oxygen atoms in total. The van der Waals surface area contributed by atoms with Gasteiger partial charge in [0.1, 0.15) is 0 Å². The molecule has 110 valence electrons. The van der Waals surface area contributed by atoms with Crippen LogP contribution < -0.4 is 5.73 Å². The molecule has 3 rings (SSSR count). The van der Waals surface area contributed by atoms with E-state index in [0.29, 0.717) is 12.5 Å². The lowest BCUT2D eigenvalue weighted by Gasteiger charge is -2.27. The molecule has 2 aromatic rings. The number of hydrogen-bond acceptors (Lipinski definition) is 3. The van der Waals surface area contributed by atoms with Crippen molar-refractivity contribution in [3.05, 3.63) is 48.3 Å². The molecule has 2 heterocycles. The summed E-state index contributed by atoms with van der Waals surface area (Å²) in [6, 6.07) is 12.0. The van der Waals surface area contributed by atoms with Crippen molar-refractivity contribution in [2.24, 2.45) is 10.7 Å². The summed E-state index contributed by atoms with van der Waals surface area (Å²) >= 11 is 1.96. The molecule has 1 aromatic heterocycles. The molecule has 0 unspecified atom stereocenters. The van der Waals surface area contributed by atoms with Crippen molar-refractivity contribution < 1.29 is 0 Å². The molecular formula is C15H19N5S. The molecule has 0 radical (unpaired) electrons. The van der Waals surface area contributed by atoms with Gasteiger partial charge < -0.3 is 10.6 Å². The number of aliphatic imine (C=N–C) groups is 1. The van der Waals surface area contributed by atoms with Crippen molar-refractivity contribution in [3.63, 3.8) is 0 Å². The van der Waals surface area contributed by atoms with Crippen LogP contribution in [0, 0.1) is 0 Å². The fourth-order valence-corrected chi connectivity index (χ4v) is 3.13. The molecule has 0 bridgehead atoms. The Labute approximate surface area is 128 Å². The molecule has 1 fully saturated rings. The van der Waals surface area contributed by atoms with E-state index < -0.39 is 0 Å². The Hall–Kier alpha value is -1.95. The summed E-state index contributed by atoms with van der Waals surface area (Å²) in [6.45, 7) is 2.49. The molecule has 21 heavy (non-hydrogen) atoms. The van der Waals surface area contributed by atoms with Gasteiger partial charge in [-0.1, -0.05) is 18.2 Å². The summed E-state index contributed by atoms with van der Waals surface area (Å²) in [6.07, 6.45) is 1.95. The molecule has 0 atom stereocenters. The first-order chi connectivity index (χ1) is 10.3. The lowest BCUT2D eigenvalue weighted by atomic mass is 10.3. The lowest BCUT2D eigenvalue weighted by Crippen LogP contribution is -2.42. The number of rotatable bonds is 3. The zero-order chi connectivity index (χ0) is 14.5. The van der Waals surface area contributed by atoms with Gasteiger partial charge in [-0.15, -0.1) is 0 Å². The molecule has 1 saturated heterocycles. The minimum atomic E-state index is 0.523. The highest BCUT2D eigenvalue weighted by Crippen LogP contribution is 2.10. The second-order valence-electron chi connectivity index (χ2n) is 4.86. The first kappa shape index (κ1) is 14.0. The Bertz CT molecular complexity index is 602. The van der Waals surface area contributed by atoms with E-state index in [2.05, 4.69) is 15.0 Å². The highest BCUT2D eigenvalue weighted by molar-refractivity contribution is 7.99. The van der Waals surface area contributed by atoms with Gasteiger partial charge in [0.25, 0.3) is 0 Å². The molecule has 1 aliphatic rings. The largest absolute Gasteiger partial charge is 0.370 e. The van der Waals surface area contributed by atoms with Crippen molar-refractivity contribution >= 4 is 17.7 Å². The van der Waals surface area contributed by atoms with Gasteiger partial charge in [-0.25, -0.2) is 9.67 Å². The van der Waals surface area contributed by atoms with E-state index in [9.17, 15) is 0 Å². The van der Waals surface area contributed by atoms with E-state index in [4.69, 9.17) is 5.73 Å². The first-order valence-electron chi connectivity index (χ1n) is 7.05. The van der Waals surface area contributed by atoms with E-state index in [1.54, 1.807) is 0 Å². The van der Waals surface area contributed by atoms with Gasteiger partial charge in [0.15, 0.2) is 5.96 Å². The van der Waals surface area contributed by atoms with Gasteiger partial charge in [-0.2, -0.15) is 16.9 Å². The third-order valence-electron chi connectivity index (χ3n) is 3.40. The Morgan fingerprint density at radius 1 is 1.19 bits per heavy atom. The van der Waals surface area contributed by atoms with Gasteiger partial charge in [-0.3, -0.25) is 0 Å². The van der Waals surface area contributed by atoms with Crippen molar-refractivity contribution in [2.45, 2.75) is 6.54 Å². The summed E-state index contributed by atoms with van der Waals surface area (Å²) in [4.78, 5) is 6.60. The zero-order valence-electron chi connectivity index (χ0n) is 11.9. The van der Waals surface area contributed by atoms with Crippen molar-refractivity contribution in [2.75, 3.05) is 24.6 Å². The maximum Gasteiger partial charge on any atom is 0.191 e. The van der Waals surface area contributed by atoms with Crippen LogP contribution in [0.1, 0.15) is 5.69 Å². The Morgan fingerprint density at radius 3 is 2.71 bits per heavy atom. The molecule has 6 heteroatoms. The predicted molar refractivity (Wildman–Crippen MR) is 87.8 cm³/mol. The summed E-state index contributed by atoms with van der Waals surface area (Å²) in [5.74, 6) is 2.88. The normalized spacial score (nSPS) is 16.2. The number of nitrogens with zero attached hydrogens (tertiary/aromatic N) is 4. The molecule has 1 aromatic carbocycles. The average Bonchev–Trinajstić information content (AvgIpc) is 3.03. The molecule has 0 spiro atoms. The molecular weight excluding hydrogens is 282 g/mol. The van der Waals surface area contributed by atoms with Gasteiger partial charge in [0.2, 0.25) is 0 Å². The van der Waals surface area contributed by atoms with Crippen molar-refractivity contribution in [1.29, 1.82) is 0 Å². The summed E-state index contributed by atoms with van der Waals surface area (Å²) < 4.78 is 1.86. The quantitative estimate of drug-likeness (QED) is 0.693. The van der Waals surface area contributed by atoms with Crippen LogP contribution in [-0.2, 0) is 6.54 Å². The van der Waals surface area contributed by atoms with Crippen LogP contribution in [0.4, 0.5) is 0 Å². The van der Waals surface area contributed by atoms with Crippen molar-refractivity contribution in [1.82, 2.24) is 14.7 Å². The third kappa shape index (κ3) is 3.58. The Morgan fingerprint density at radius 2 is 1.95 bits per heavy atom. The molecule has 0 aliphatic carbocycles. The average molecular weight is 301 g/mol. The van der Waals surface area contributed by atoms with E-state index in [0.717, 1.165) is 36.0 Å². The number of thioether (sulfide) groups is 1. The number of aromatic nitrogens is 2. The summed E-state index contributed by atoms with van der Waals surface area (Å²) in [5.41, 5.74) is 8.02. The molecule has 0 amide bonds. The summed E-state index contributed by atoms with van der Waals surface area (Å²) in [5, 5.41) is 4.53. The number of guanidine groups is 1. The third-order valence-corrected chi connectivity index (χ3v) is 4.35. The highest BCUT2D eigenvalue weighted by Gasteiger charge is 2.12. The molecule has 1 aliphatic heterocycles. The van der Waals surface area contributed by atoms with Gasteiger partial charge in [0.05, 0.1) is 17.9 Å². The van der Waals surface area contributed by atoms with Gasteiger partial charge in [-0.05, 0) is 18.2 Å². The molecule has 0 saturated carbocycles. The van der Waals surface area contributed by atoms with Crippen LogP contribution in [-0.4, -0.2) is 45.2 Å². The van der Waals surface area contributed by atoms with Crippen LogP contribution in [0.5, 0.6) is 0 Å². The van der Waals surface area contributed by atoms with Crippen LogP contribution >= 0.6 is 11.8 Å². The minimum Gasteiger partial charge on any atom is -0.370 e. The fraction of sp³-hybridized carbons (Fsp3) is 0.333. The number of hydrogen-bond donors (Lipinski definition) is 1. The second-order valence-corrected chi connectivity index (χ2v) is 6.09. The number of benzene rings is 1. The van der Waals surface area contributed by atoms with Gasteiger partial charge >= 0.3 is 0 Å². The topological polar surface area (TPSA) is 59.4 Å². The smallest absolute Gasteiger partial charge is 0.191 e. The van der Waals surface area contributed by atoms with E-state index in [1.165, 1.54) is 0 Å². The fourth-order valence-electron chi connectivity index (χ4n) is 2.22. The Balaban J connectivity index is 1.64. The monoisotopic (exact) mass is 301 g/mol. The van der Waals surface area contributed by atoms with E-state index in [1.807, 2.05) is 59.0 Å². The maximum atomic E-state index is 6.05. The van der Waals surface area contributed by atoms with Crippen LogP contribution in [0.2, 0.25) is 0 Å². The minimum absolute atomic E-state index is 0.523. The number of para-hydroxylation sites is 1. The predicted octanol–water partition coefficient (Wildman–Crippen LogP) is 1.74. The maximum absolute atomic E-state index is 6.05. The first-order valence-corrected chi connectivity index (χ1v) is 8.21. The van der Waals surface area contributed by atoms with E-state index in [-0.39, 0.29) is 0 Å². The SMILES string of the molecule is NC(=NCc1ccn(-c2ccccc2)n1)N1CCSCC1. The van der Waals surface area contributed by atoms with E-state index >= 15 is 0 Å². The van der Waals surface area contributed by atoms with Crippen molar-refractivity contribution in [3.8, 4) is 5.69 Å². The van der Waals surface area contributed by atoms with Gasteiger partial charge in [0, 0.05) is 30.8 Å². The van der Waals surface area contributed by atoms with Crippen LogP contribution in [0.15, 0.2) is 47.6 Å².